The number of ether oxygens (including phenoxy) is 1. The third-order valence-electron chi connectivity index (χ3n) is 2.26. The van der Waals surface area contributed by atoms with E-state index in [-0.39, 0.29) is 6.61 Å². The van der Waals surface area contributed by atoms with Crippen molar-refractivity contribution in [2.75, 3.05) is 6.61 Å². The first-order chi connectivity index (χ1) is 8.31. The number of hydrogen-bond acceptors (Lipinski definition) is 4. The van der Waals surface area contributed by atoms with E-state index in [2.05, 4.69) is 0 Å². The van der Waals surface area contributed by atoms with Crippen LogP contribution in [0, 0.1) is 0 Å². The molecule has 0 amide bonds. The quantitative estimate of drug-likeness (QED) is 0.827. The molecule has 1 N–H and O–H groups in total. The Kier molecular flexibility index (Phi) is 3.90. The molecule has 0 saturated carbocycles. The molecule has 1 heterocycles. The van der Waals surface area contributed by atoms with E-state index in [9.17, 15) is 4.79 Å². The number of aliphatic hydroxyl groups is 1. The molecule has 0 saturated heterocycles. The van der Waals surface area contributed by atoms with Gasteiger partial charge in [-0.1, -0.05) is 23.5 Å². The summed E-state index contributed by atoms with van der Waals surface area (Å²) in [6.45, 7) is 0.147. The molecule has 88 valence electrons. The molecule has 1 aromatic carbocycles. The number of aldehydes is 1. The number of benzene rings is 1. The molecule has 0 aliphatic rings. The summed E-state index contributed by atoms with van der Waals surface area (Å²) in [6, 6.07) is 11.0. The van der Waals surface area contributed by atoms with Crippen LogP contribution in [0.4, 0.5) is 0 Å². The van der Waals surface area contributed by atoms with Crippen molar-refractivity contribution in [3.05, 3.63) is 46.8 Å². The number of hydrogen-bond donors (Lipinski definition) is 1. The van der Waals surface area contributed by atoms with Gasteiger partial charge < -0.3 is 9.84 Å². The fourth-order valence-corrected chi connectivity index (χ4v) is 2.11. The number of rotatable bonds is 5. The van der Waals surface area contributed by atoms with Crippen LogP contribution in [0.5, 0.6) is 10.8 Å². The van der Waals surface area contributed by atoms with E-state index in [1.807, 2.05) is 24.3 Å². The molecular formula is C13H12O3S. The molecule has 0 aliphatic heterocycles. The van der Waals surface area contributed by atoms with Crippen LogP contribution in [0.25, 0.3) is 0 Å². The summed E-state index contributed by atoms with van der Waals surface area (Å²) in [4.78, 5) is 11.2. The van der Waals surface area contributed by atoms with E-state index in [0.29, 0.717) is 16.4 Å². The smallest absolute Gasteiger partial charge is 0.181 e. The maximum Gasteiger partial charge on any atom is 0.181 e. The molecule has 0 atom stereocenters. The highest BCUT2D eigenvalue weighted by atomic mass is 32.1. The number of carbonyl (C=O) groups excluding carboxylic acids is 1. The highest BCUT2D eigenvalue weighted by Crippen LogP contribution is 2.28. The predicted octanol–water partition coefficient (Wildman–Crippen LogP) is 2.89. The Balaban J connectivity index is 2.05. The van der Waals surface area contributed by atoms with Crippen LogP contribution in [0.2, 0.25) is 0 Å². The summed E-state index contributed by atoms with van der Waals surface area (Å²) in [5.41, 5.74) is 1.07. The Morgan fingerprint density at radius 2 is 1.94 bits per heavy atom. The normalized spacial score (nSPS) is 10.2. The van der Waals surface area contributed by atoms with Gasteiger partial charge in [-0.05, 0) is 36.2 Å². The standard InChI is InChI=1S/C13H12O3S/c14-8-7-10-1-3-11(4-2-10)16-13-6-5-12(9-15)17-13/h1-6,9,14H,7-8H2. The Morgan fingerprint density at radius 3 is 2.53 bits per heavy atom. The highest BCUT2D eigenvalue weighted by molar-refractivity contribution is 7.15. The molecule has 0 aliphatic carbocycles. The van der Waals surface area contributed by atoms with Crippen LogP contribution in [-0.2, 0) is 6.42 Å². The monoisotopic (exact) mass is 248 g/mol. The van der Waals surface area contributed by atoms with Crippen molar-refractivity contribution in [1.82, 2.24) is 0 Å². The molecule has 0 unspecified atom stereocenters. The average molecular weight is 248 g/mol. The van der Waals surface area contributed by atoms with Crippen LogP contribution in [0.3, 0.4) is 0 Å². The Bertz CT molecular complexity index is 488. The van der Waals surface area contributed by atoms with E-state index in [1.54, 1.807) is 12.1 Å². The van der Waals surface area contributed by atoms with Crippen LogP contribution >= 0.6 is 11.3 Å². The zero-order valence-corrected chi connectivity index (χ0v) is 9.94. The lowest BCUT2D eigenvalue weighted by molar-refractivity contribution is 0.112. The van der Waals surface area contributed by atoms with Gasteiger partial charge in [-0.15, -0.1) is 0 Å². The molecular weight excluding hydrogens is 236 g/mol. The van der Waals surface area contributed by atoms with Crippen molar-refractivity contribution in [3.63, 3.8) is 0 Å². The van der Waals surface area contributed by atoms with Gasteiger partial charge in [0, 0.05) is 6.61 Å². The molecule has 2 rings (SSSR count). The zero-order valence-electron chi connectivity index (χ0n) is 9.13. The molecule has 1 aromatic heterocycles. The molecule has 0 radical (unpaired) electrons. The SMILES string of the molecule is O=Cc1ccc(Oc2ccc(CCO)cc2)s1. The van der Waals surface area contributed by atoms with E-state index < -0.39 is 0 Å². The highest BCUT2D eigenvalue weighted by Gasteiger charge is 2.01. The lowest BCUT2D eigenvalue weighted by Gasteiger charge is -2.03. The van der Waals surface area contributed by atoms with Crippen molar-refractivity contribution in [1.29, 1.82) is 0 Å². The molecule has 17 heavy (non-hydrogen) atoms. The van der Waals surface area contributed by atoms with Crippen LogP contribution in [-0.4, -0.2) is 18.0 Å². The molecule has 0 bridgehead atoms. The lowest BCUT2D eigenvalue weighted by atomic mass is 10.1. The van der Waals surface area contributed by atoms with Gasteiger partial charge >= 0.3 is 0 Å². The van der Waals surface area contributed by atoms with Crippen molar-refractivity contribution >= 4 is 17.6 Å². The Labute approximate surface area is 103 Å². The zero-order chi connectivity index (χ0) is 12.1. The predicted molar refractivity (Wildman–Crippen MR) is 67.0 cm³/mol. The summed E-state index contributed by atoms with van der Waals surface area (Å²) < 4.78 is 5.59. The van der Waals surface area contributed by atoms with Gasteiger partial charge in [0.2, 0.25) is 0 Å². The van der Waals surface area contributed by atoms with Gasteiger partial charge in [0.25, 0.3) is 0 Å². The Hall–Kier alpha value is -1.65. The summed E-state index contributed by atoms with van der Waals surface area (Å²) in [6.07, 6.45) is 1.45. The number of thiophene rings is 1. The third-order valence-corrected chi connectivity index (χ3v) is 3.15. The van der Waals surface area contributed by atoms with Gasteiger partial charge in [0.15, 0.2) is 11.3 Å². The first-order valence-corrected chi connectivity index (χ1v) is 6.06. The van der Waals surface area contributed by atoms with Crippen molar-refractivity contribution < 1.29 is 14.6 Å². The second-order valence-corrected chi connectivity index (χ2v) is 4.57. The molecule has 0 spiro atoms. The second-order valence-electron chi connectivity index (χ2n) is 3.49. The minimum atomic E-state index is 0.147. The maximum atomic E-state index is 10.5. The maximum absolute atomic E-state index is 10.5. The third kappa shape index (κ3) is 3.15. The van der Waals surface area contributed by atoms with Crippen LogP contribution in [0.15, 0.2) is 36.4 Å². The van der Waals surface area contributed by atoms with Crippen molar-refractivity contribution in [2.24, 2.45) is 0 Å². The van der Waals surface area contributed by atoms with Gasteiger partial charge in [0.05, 0.1) is 4.88 Å². The van der Waals surface area contributed by atoms with E-state index >= 15 is 0 Å². The second kappa shape index (κ2) is 5.61. The first-order valence-electron chi connectivity index (χ1n) is 5.24. The molecule has 2 aromatic rings. The minimum Gasteiger partial charge on any atom is -0.447 e. The number of aliphatic hydroxyl groups excluding tert-OH is 1. The summed E-state index contributed by atoms with van der Waals surface area (Å²) in [7, 11) is 0. The summed E-state index contributed by atoms with van der Waals surface area (Å²) in [5.74, 6) is 0.728. The van der Waals surface area contributed by atoms with Gasteiger partial charge in [-0.25, -0.2) is 0 Å². The topological polar surface area (TPSA) is 46.5 Å². The van der Waals surface area contributed by atoms with Crippen molar-refractivity contribution in [3.8, 4) is 10.8 Å². The van der Waals surface area contributed by atoms with Gasteiger partial charge in [-0.3, -0.25) is 4.79 Å². The minimum absolute atomic E-state index is 0.147. The van der Waals surface area contributed by atoms with E-state index in [0.717, 1.165) is 17.6 Å². The molecule has 4 heteroatoms. The number of carbonyl (C=O) groups is 1. The molecule has 0 fully saturated rings. The molecule has 3 nitrogen and oxygen atoms in total. The largest absolute Gasteiger partial charge is 0.447 e. The van der Waals surface area contributed by atoms with Gasteiger partial charge in [-0.2, -0.15) is 0 Å². The summed E-state index contributed by atoms with van der Waals surface area (Å²) >= 11 is 1.31. The average Bonchev–Trinajstić information content (AvgIpc) is 2.80. The van der Waals surface area contributed by atoms with E-state index in [4.69, 9.17) is 9.84 Å². The fraction of sp³-hybridized carbons (Fsp3) is 0.154. The Morgan fingerprint density at radius 1 is 1.18 bits per heavy atom. The van der Waals surface area contributed by atoms with Crippen LogP contribution in [0.1, 0.15) is 15.2 Å². The summed E-state index contributed by atoms with van der Waals surface area (Å²) in [5, 5.41) is 9.49. The van der Waals surface area contributed by atoms with Crippen LogP contribution < -0.4 is 4.74 Å². The van der Waals surface area contributed by atoms with E-state index in [1.165, 1.54) is 11.3 Å². The lowest BCUT2D eigenvalue weighted by Crippen LogP contribution is -1.90. The first kappa shape index (κ1) is 11.8. The fourth-order valence-electron chi connectivity index (χ4n) is 1.42. The van der Waals surface area contributed by atoms with Crippen molar-refractivity contribution in [2.45, 2.75) is 6.42 Å². The van der Waals surface area contributed by atoms with Gasteiger partial charge in [0.1, 0.15) is 5.75 Å².